The van der Waals surface area contributed by atoms with E-state index in [1.165, 1.54) is 16.7 Å². The van der Waals surface area contributed by atoms with Gasteiger partial charge in [-0.05, 0) is 23.6 Å². The summed E-state index contributed by atoms with van der Waals surface area (Å²) in [6.45, 7) is 7.23. The molecule has 0 amide bonds. The predicted octanol–water partition coefficient (Wildman–Crippen LogP) is 3.89. The number of hydrazone groups is 1. The maximum absolute atomic E-state index is 4.63. The van der Waals surface area contributed by atoms with Crippen LogP contribution < -0.4 is 0 Å². The molecule has 0 bridgehead atoms. The summed E-state index contributed by atoms with van der Waals surface area (Å²) in [5.74, 6) is 0. The molecular formula is C21H25N3. The molecule has 3 nitrogen and oxygen atoms in total. The van der Waals surface area contributed by atoms with Gasteiger partial charge < -0.3 is 0 Å². The van der Waals surface area contributed by atoms with Crippen molar-refractivity contribution in [3.05, 3.63) is 77.4 Å². The molecule has 2 aromatic carbocycles. The SMILES string of the molecule is C/C(C=NN1CCN(Cc2ccccc2)CC1)=C\c1ccccc1. The van der Waals surface area contributed by atoms with E-state index in [9.17, 15) is 0 Å². The van der Waals surface area contributed by atoms with E-state index >= 15 is 0 Å². The summed E-state index contributed by atoms with van der Waals surface area (Å²) in [5.41, 5.74) is 3.78. The first kappa shape index (κ1) is 16.5. The predicted molar refractivity (Wildman–Crippen MR) is 102 cm³/mol. The third kappa shape index (κ3) is 5.07. The van der Waals surface area contributed by atoms with E-state index in [1.54, 1.807) is 0 Å². The smallest absolute Gasteiger partial charge is 0.0499 e. The Labute approximate surface area is 144 Å². The van der Waals surface area contributed by atoms with Crippen molar-refractivity contribution in [1.82, 2.24) is 9.91 Å². The zero-order valence-electron chi connectivity index (χ0n) is 14.3. The number of nitrogens with zero attached hydrogens (tertiary/aromatic N) is 3. The highest BCUT2D eigenvalue weighted by Gasteiger charge is 2.15. The van der Waals surface area contributed by atoms with E-state index in [1.807, 2.05) is 12.3 Å². The molecule has 124 valence electrons. The zero-order valence-corrected chi connectivity index (χ0v) is 14.3. The summed E-state index contributed by atoms with van der Waals surface area (Å²) < 4.78 is 0. The molecule has 0 atom stereocenters. The molecule has 1 fully saturated rings. The Kier molecular flexibility index (Phi) is 5.80. The van der Waals surface area contributed by atoms with Crippen molar-refractivity contribution in [2.24, 2.45) is 5.10 Å². The topological polar surface area (TPSA) is 18.8 Å². The van der Waals surface area contributed by atoms with Crippen molar-refractivity contribution in [2.45, 2.75) is 13.5 Å². The van der Waals surface area contributed by atoms with E-state index in [0.29, 0.717) is 0 Å². The molecule has 0 unspecified atom stereocenters. The van der Waals surface area contributed by atoms with Gasteiger partial charge in [0.1, 0.15) is 0 Å². The van der Waals surface area contributed by atoms with E-state index in [4.69, 9.17) is 0 Å². The van der Waals surface area contributed by atoms with Gasteiger partial charge in [-0.25, -0.2) is 0 Å². The van der Waals surface area contributed by atoms with Gasteiger partial charge in [0.25, 0.3) is 0 Å². The Hall–Kier alpha value is -2.39. The molecule has 3 rings (SSSR count). The zero-order chi connectivity index (χ0) is 16.6. The van der Waals surface area contributed by atoms with E-state index < -0.39 is 0 Å². The van der Waals surface area contributed by atoms with Crippen LogP contribution >= 0.6 is 0 Å². The standard InChI is InChI=1S/C21H25N3/c1-19(16-20-8-4-2-5-9-20)17-22-24-14-12-23(13-15-24)18-21-10-6-3-7-11-21/h2-11,16-17H,12-15,18H2,1H3/b19-16+,22-17?. The highest BCUT2D eigenvalue weighted by atomic mass is 15.5. The Morgan fingerprint density at radius 1 is 0.917 bits per heavy atom. The summed E-state index contributed by atoms with van der Waals surface area (Å²) in [7, 11) is 0. The minimum Gasteiger partial charge on any atom is -0.295 e. The quantitative estimate of drug-likeness (QED) is 0.779. The summed E-state index contributed by atoms with van der Waals surface area (Å²) >= 11 is 0. The molecule has 0 N–H and O–H groups in total. The molecule has 0 aromatic heterocycles. The largest absolute Gasteiger partial charge is 0.295 e. The lowest BCUT2D eigenvalue weighted by Gasteiger charge is -2.33. The minimum atomic E-state index is 0.988. The average molecular weight is 319 g/mol. The normalized spacial score (nSPS) is 16.7. The van der Waals surface area contributed by atoms with Crippen LogP contribution in [0.3, 0.4) is 0 Å². The fourth-order valence-electron chi connectivity index (χ4n) is 2.87. The molecule has 0 aliphatic carbocycles. The van der Waals surface area contributed by atoms with Crippen LogP contribution in [0.15, 0.2) is 71.3 Å². The molecule has 1 aliphatic heterocycles. The number of allylic oxidation sites excluding steroid dienone is 1. The van der Waals surface area contributed by atoms with Gasteiger partial charge >= 0.3 is 0 Å². The number of hydrogen-bond acceptors (Lipinski definition) is 3. The lowest BCUT2D eigenvalue weighted by molar-refractivity contribution is 0.131. The Morgan fingerprint density at radius 3 is 2.21 bits per heavy atom. The highest BCUT2D eigenvalue weighted by molar-refractivity contribution is 5.84. The monoisotopic (exact) mass is 319 g/mol. The van der Waals surface area contributed by atoms with Crippen molar-refractivity contribution >= 4 is 12.3 Å². The summed E-state index contributed by atoms with van der Waals surface area (Å²) in [5, 5.41) is 6.80. The number of piperazine rings is 1. The van der Waals surface area contributed by atoms with Crippen molar-refractivity contribution in [3.8, 4) is 0 Å². The van der Waals surface area contributed by atoms with Crippen LogP contribution in [0.25, 0.3) is 6.08 Å². The lowest BCUT2D eigenvalue weighted by Crippen LogP contribution is -2.43. The number of rotatable bonds is 5. The molecule has 1 aliphatic rings. The van der Waals surface area contributed by atoms with E-state index in [2.05, 4.69) is 82.6 Å². The number of benzene rings is 2. The van der Waals surface area contributed by atoms with Gasteiger partial charge in [0.05, 0.1) is 0 Å². The first-order chi connectivity index (χ1) is 11.8. The second-order valence-electron chi connectivity index (χ2n) is 6.26. The van der Waals surface area contributed by atoms with E-state index in [-0.39, 0.29) is 0 Å². The third-order valence-corrected chi connectivity index (χ3v) is 4.22. The van der Waals surface area contributed by atoms with Crippen LogP contribution in [-0.2, 0) is 6.54 Å². The maximum atomic E-state index is 4.63. The molecule has 3 heteroatoms. The maximum Gasteiger partial charge on any atom is 0.0499 e. The van der Waals surface area contributed by atoms with Crippen molar-refractivity contribution in [3.63, 3.8) is 0 Å². The Balaban J connectivity index is 1.47. The average Bonchev–Trinajstić information content (AvgIpc) is 2.63. The van der Waals surface area contributed by atoms with Crippen molar-refractivity contribution < 1.29 is 0 Å². The summed E-state index contributed by atoms with van der Waals surface area (Å²) in [6, 6.07) is 21.1. The van der Waals surface area contributed by atoms with Gasteiger partial charge in [-0.3, -0.25) is 9.91 Å². The molecule has 0 radical (unpaired) electrons. The first-order valence-corrected chi connectivity index (χ1v) is 8.58. The van der Waals surface area contributed by atoms with Gasteiger partial charge in [0.15, 0.2) is 0 Å². The van der Waals surface area contributed by atoms with Crippen LogP contribution in [0.2, 0.25) is 0 Å². The highest BCUT2D eigenvalue weighted by Crippen LogP contribution is 2.09. The van der Waals surface area contributed by atoms with Crippen LogP contribution in [-0.4, -0.2) is 42.3 Å². The van der Waals surface area contributed by atoms with Gasteiger partial charge in [0, 0.05) is 38.9 Å². The second kappa shape index (κ2) is 8.46. The van der Waals surface area contributed by atoms with Gasteiger partial charge in [-0.15, -0.1) is 0 Å². The number of hydrogen-bond donors (Lipinski definition) is 0. The third-order valence-electron chi connectivity index (χ3n) is 4.22. The van der Waals surface area contributed by atoms with Crippen LogP contribution in [0, 0.1) is 0 Å². The van der Waals surface area contributed by atoms with Crippen LogP contribution in [0.4, 0.5) is 0 Å². The van der Waals surface area contributed by atoms with Gasteiger partial charge in [-0.1, -0.05) is 66.7 Å². The molecule has 1 saturated heterocycles. The second-order valence-corrected chi connectivity index (χ2v) is 6.26. The van der Waals surface area contributed by atoms with Crippen LogP contribution in [0.5, 0.6) is 0 Å². The molecule has 1 heterocycles. The molecular weight excluding hydrogens is 294 g/mol. The van der Waals surface area contributed by atoms with E-state index in [0.717, 1.165) is 32.7 Å². The van der Waals surface area contributed by atoms with Gasteiger partial charge in [-0.2, -0.15) is 5.10 Å². The molecule has 0 spiro atoms. The Bertz CT molecular complexity index is 669. The molecule has 2 aromatic rings. The summed E-state index contributed by atoms with van der Waals surface area (Å²) in [6.07, 6.45) is 4.13. The molecule has 24 heavy (non-hydrogen) atoms. The van der Waals surface area contributed by atoms with Crippen molar-refractivity contribution in [2.75, 3.05) is 26.2 Å². The fraction of sp³-hybridized carbons (Fsp3) is 0.286. The van der Waals surface area contributed by atoms with Gasteiger partial charge in [0.2, 0.25) is 0 Å². The molecule has 0 saturated carbocycles. The summed E-state index contributed by atoms with van der Waals surface area (Å²) in [4.78, 5) is 2.49. The fourth-order valence-corrected chi connectivity index (χ4v) is 2.87. The first-order valence-electron chi connectivity index (χ1n) is 8.58. The lowest BCUT2D eigenvalue weighted by atomic mass is 10.1. The van der Waals surface area contributed by atoms with Crippen molar-refractivity contribution in [1.29, 1.82) is 0 Å². The Morgan fingerprint density at radius 2 is 1.54 bits per heavy atom. The minimum absolute atomic E-state index is 0.988. The van der Waals surface area contributed by atoms with Crippen LogP contribution in [0.1, 0.15) is 18.1 Å².